The number of nitrogens with one attached hydrogen (secondary N) is 1. The van der Waals surface area contributed by atoms with Gasteiger partial charge in [0, 0.05) is 0 Å². The molecule has 2 atom stereocenters. The molecule has 0 radical (unpaired) electrons. The standard InChI is InChI=1S/C15H19NO5/c1-9-4-5-11(20-3)10(6-9)13(17)16-12-7-21-8-15(12,2)14(18)19/h4-6,12H,7-8H2,1-3H3,(H,16,17)(H,18,19). The van der Waals surface area contributed by atoms with E-state index in [4.69, 9.17) is 9.47 Å². The van der Waals surface area contributed by atoms with Crippen LogP contribution in [0, 0.1) is 12.3 Å². The van der Waals surface area contributed by atoms with Crippen molar-refractivity contribution >= 4 is 11.9 Å². The molecule has 114 valence electrons. The summed E-state index contributed by atoms with van der Waals surface area (Å²) in [6.45, 7) is 3.71. The van der Waals surface area contributed by atoms with Crippen LogP contribution in [-0.2, 0) is 9.53 Å². The molecule has 1 saturated heterocycles. The summed E-state index contributed by atoms with van der Waals surface area (Å²) in [5.74, 6) is -0.894. The number of rotatable bonds is 4. The van der Waals surface area contributed by atoms with Gasteiger partial charge in [0.25, 0.3) is 5.91 Å². The highest BCUT2D eigenvalue weighted by Gasteiger charge is 2.47. The lowest BCUT2D eigenvalue weighted by molar-refractivity contribution is -0.148. The Balaban J connectivity index is 2.22. The van der Waals surface area contributed by atoms with Crippen LogP contribution in [-0.4, -0.2) is 43.3 Å². The van der Waals surface area contributed by atoms with Crippen LogP contribution in [0.5, 0.6) is 5.75 Å². The van der Waals surface area contributed by atoms with E-state index in [0.717, 1.165) is 5.56 Å². The molecule has 1 aromatic carbocycles. The lowest BCUT2D eigenvalue weighted by Crippen LogP contribution is -2.49. The smallest absolute Gasteiger partial charge is 0.313 e. The Morgan fingerprint density at radius 1 is 1.48 bits per heavy atom. The van der Waals surface area contributed by atoms with Crippen molar-refractivity contribution in [2.45, 2.75) is 19.9 Å². The minimum atomic E-state index is -1.12. The van der Waals surface area contributed by atoms with Gasteiger partial charge in [-0.15, -0.1) is 0 Å². The molecule has 6 nitrogen and oxygen atoms in total. The molecule has 2 unspecified atom stereocenters. The number of benzene rings is 1. The zero-order valence-corrected chi connectivity index (χ0v) is 12.3. The molecule has 21 heavy (non-hydrogen) atoms. The van der Waals surface area contributed by atoms with E-state index < -0.39 is 17.4 Å². The molecule has 0 saturated carbocycles. The first-order chi connectivity index (χ1) is 9.88. The van der Waals surface area contributed by atoms with E-state index in [1.807, 2.05) is 13.0 Å². The van der Waals surface area contributed by atoms with Crippen LogP contribution >= 0.6 is 0 Å². The highest BCUT2D eigenvalue weighted by Crippen LogP contribution is 2.29. The van der Waals surface area contributed by atoms with E-state index in [1.54, 1.807) is 19.1 Å². The van der Waals surface area contributed by atoms with Crippen molar-refractivity contribution in [1.29, 1.82) is 0 Å². The summed E-state index contributed by atoms with van der Waals surface area (Å²) in [4.78, 5) is 23.8. The predicted octanol–water partition coefficient (Wildman–Crippen LogP) is 1.22. The summed E-state index contributed by atoms with van der Waals surface area (Å²) in [5, 5.41) is 12.1. The number of aliphatic carboxylic acids is 1. The zero-order valence-electron chi connectivity index (χ0n) is 12.3. The fourth-order valence-corrected chi connectivity index (χ4v) is 2.32. The second-order valence-electron chi connectivity index (χ2n) is 5.47. The number of hydrogen-bond acceptors (Lipinski definition) is 4. The Bertz CT molecular complexity index is 571. The van der Waals surface area contributed by atoms with Crippen molar-refractivity contribution in [1.82, 2.24) is 5.32 Å². The van der Waals surface area contributed by atoms with E-state index >= 15 is 0 Å². The Hall–Kier alpha value is -2.08. The molecule has 1 aliphatic heterocycles. The summed E-state index contributed by atoms with van der Waals surface area (Å²) in [5.41, 5.74) is 0.189. The largest absolute Gasteiger partial charge is 0.496 e. The van der Waals surface area contributed by atoms with Gasteiger partial charge in [-0.05, 0) is 26.0 Å². The van der Waals surface area contributed by atoms with E-state index in [9.17, 15) is 14.7 Å². The van der Waals surface area contributed by atoms with Gasteiger partial charge in [0.15, 0.2) is 0 Å². The Morgan fingerprint density at radius 3 is 2.81 bits per heavy atom. The SMILES string of the molecule is COc1ccc(C)cc1C(=O)NC1COCC1(C)C(=O)O. The Labute approximate surface area is 123 Å². The fraction of sp³-hybridized carbons (Fsp3) is 0.467. The summed E-state index contributed by atoms with van der Waals surface area (Å²) in [7, 11) is 1.49. The summed E-state index contributed by atoms with van der Waals surface area (Å²) >= 11 is 0. The van der Waals surface area contributed by atoms with Crippen LogP contribution < -0.4 is 10.1 Å². The number of amides is 1. The van der Waals surface area contributed by atoms with Crippen molar-refractivity contribution in [3.8, 4) is 5.75 Å². The first kappa shape index (κ1) is 15.3. The topological polar surface area (TPSA) is 84.9 Å². The van der Waals surface area contributed by atoms with Crippen LogP contribution in [0.4, 0.5) is 0 Å². The van der Waals surface area contributed by atoms with Crippen molar-refractivity contribution < 1.29 is 24.2 Å². The molecule has 2 rings (SSSR count). The van der Waals surface area contributed by atoms with Crippen LogP contribution in [0.1, 0.15) is 22.8 Å². The van der Waals surface area contributed by atoms with Crippen molar-refractivity contribution in [3.63, 3.8) is 0 Å². The molecule has 1 aliphatic rings. The lowest BCUT2D eigenvalue weighted by Gasteiger charge is -2.25. The lowest BCUT2D eigenvalue weighted by atomic mass is 9.85. The van der Waals surface area contributed by atoms with Gasteiger partial charge < -0.3 is 19.9 Å². The average Bonchev–Trinajstić information content (AvgIpc) is 2.81. The van der Waals surface area contributed by atoms with Gasteiger partial charge in [0.05, 0.1) is 31.9 Å². The number of hydrogen-bond donors (Lipinski definition) is 2. The molecule has 1 aromatic rings. The minimum Gasteiger partial charge on any atom is -0.496 e. The summed E-state index contributed by atoms with van der Waals surface area (Å²) in [6, 6.07) is 4.69. The normalized spacial score (nSPS) is 24.6. The Kier molecular flexibility index (Phi) is 4.18. The zero-order chi connectivity index (χ0) is 15.6. The van der Waals surface area contributed by atoms with Crippen molar-refractivity contribution in [3.05, 3.63) is 29.3 Å². The maximum Gasteiger partial charge on any atom is 0.313 e. The molecule has 1 amide bonds. The van der Waals surface area contributed by atoms with E-state index in [0.29, 0.717) is 11.3 Å². The number of methoxy groups -OCH3 is 1. The molecule has 6 heteroatoms. The molecule has 1 heterocycles. The van der Waals surface area contributed by atoms with Gasteiger partial charge in [-0.25, -0.2) is 0 Å². The third-order valence-electron chi connectivity index (χ3n) is 3.85. The Morgan fingerprint density at radius 2 is 2.19 bits per heavy atom. The van der Waals surface area contributed by atoms with Crippen molar-refractivity contribution in [2.75, 3.05) is 20.3 Å². The third-order valence-corrected chi connectivity index (χ3v) is 3.85. The maximum atomic E-state index is 12.4. The van der Waals surface area contributed by atoms with E-state index in [2.05, 4.69) is 5.32 Å². The molecule has 0 aliphatic carbocycles. The highest BCUT2D eigenvalue weighted by atomic mass is 16.5. The first-order valence-corrected chi connectivity index (χ1v) is 6.65. The summed E-state index contributed by atoms with van der Waals surface area (Å²) in [6.07, 6.45) is 0. The fourth-order valence-electron chi connectivity index (χ4n) is 2.32. The number of aryl methyl sites for hydroxylation is 1. The number of carboxylic acid groups (broad SMARTS) is 1. The van der Waals surface area contributed by atoms with Crippen LogP contribution in [0.3, 0.4) is 0 Å². The number of carbonyl (C=O) groups is 2. The molecule has 0 bridgehead atoms. The molecular weight excluding hydrogens is 274 g/mol. The average molecular weight is 293 g/mol. The monoisotopic (exact) mass is 293 g/mol. The molecule has 2 N–H and O–H groups in total. The number of ether oxygens (including phenoxy) is 2. The first-order valence-electron chi connectivity index (χ1n) is 6.65. The van der Waals surface area contributed by atoms with Gasteiger partial charge in [0.2, 0.25) is 0 Å². The van der Waals surface area contributed by atoms with E-state index in [1.165, 1.54) is 7.11 Å². The number of carbonyl (C=O) groups excluding carboxylic acids is 1. The predicted molar refractivity (Wildman–Crippen MR) is 75.5 cm³/mol. The van der Waals surface area contributed by atoms with Crippen LogP contribution in [0.15, 0.2) is 18.2 Å². The van der Waals surface area contributed by atoms with Gasteiger partial charge in [-0.3, -0.25) is 9.59 Å². The quantitative estimate of drug-likeness (QED) is 0.872. The van der Waals surface area contributed by atoms with Crippen molar-refractivity contribution in [2.24, 2.45) is 5.41 Å². The van der Waals surface area contributed by atoms with Gasteiger partial charge in [-0.2, -0.15) is 0 Å². The molecule has 1 fully saturated rings. The second-order valence-corrected chi connectivity index (χ2v) is 5.47. The second kappa shape index (κ2) is 5.73. The molecule has 0 spiro atoms. The van der Waals surface area contributed by atoms with Crippen LogP contribution in [0.25, 0.3) is 0 Å². The van der Waals surface area contributed by atoms with Gasteiger partial charge in [0.1, 0.15) is 11.2 Å². The van der Waals surface area contributed by atoms with Gasteiger partial charge in [-0.1, -0.05) is 11.6 Å². The van der Waals surface area contributed by atoms with E-state index in [-0.39, 0.29) is 19.1 Å². The summed E-state index contributed by atoms with van der Waals surface area (Å²) < 4.78 is 10.4. The highest BCUT2D eigenvalue weighted by molar-refractivity contribution is 5.97. The maximum absolute atomic E-state index is 12.4. The van der Waals surface area contributed by atoms with Crippen LogP contribution in [0.2, 0.25) is 0 Å². The van der Waals surface area contributed by atoms with Gasteiger partial charge >= 0.3 is 5.97 Å². The third kappa shape index (κ3) is 2.85. The molecular formula is C15H19NO5. The minimum absolute atomic E-state index is 0.0816. The molecule has 0 aromatic heterocycles. The number of carboxylic acids is 1.